The molecule has 0 radical (unpaired) electrons. The van der Waals surface area contributed by atoms with Crippen LogP contribution in [0.5, 0.6) is 0 Å². The van der Waals surface area contributed by atoms with Crippen molar-refractivity contribution in [1.29, 1.82) is 0 Å². The molecule has 6 heteroatoms. The summed E-state index contributed by atoms with van der Waals surface area (Å²) in [7, 11) is 0. The Hall–Kier alpha value is -2.14. The Morgan fingerprint density at radius 2 is 1.91 bits per heavy atom. The Bertz CT molecular complexity index is 741. The molecule has 2 heterocycles. The summed E-state index contributed by atoms with van der Waals surface area (Å²) in [6.45, 7) is 5.38. The molecule has 0 aliphatic carbocycles. The molecule has 3 rings (SSSR count). The molecule has 120 valence electrons. The number of carbonyl (C=O) groups is 1. The number of carbonyl (C=O) groups excluding carboxylic acids is 1. The normalized spacial score (nSPS) is 14.1. The van der Waals surface area contributed by atoms with E-state index in [1.807, 2.05) is 30.0 Å². The van der Waals surface area contributed by atoms with Crippen molar-refractivity contribution in [3.63, 3.8) is 0 Å². The third-order valence-corrected chi connectivity index (χ3v) is 4.15. The van der Waals surface area contributed by atoms with Gasteiger partial charge in [0.05, 0.1) is 0 Å². The van der Waals surface area contributed by atoms with Crippen LogP contribution in [0.25, 0.3) is 0 Å². The minimum atomic E-state index is -0.0288. The monoisotopic (exact) mass is 330 g/mol. The molecule has 0 bridgehead atoms. The molecule has 1 aliphatic rings. The van der Waals surface area contributed by atoms with Gasteiger partial charge in [0.25, 0.3) is 5.91 Å². The van der Waals surface area contributed by atoms with E-state index in [0.717, 1.165) is 37.2 Å². The molecule has 1 saturated heterocycles. The summed E-state index contributed by atoms with van der Waals surface area (Å²) in [6.07, 6.45) is 2.12. The fourth-order valence-electron chi connectivity index (χ4n) is 2.69. The highest BCUT2D eigenvalue weighted by Gasteiger charge is 2.21. The average molecular weight is 331 g/mol. The van der Waals surface area contributed by atoms with Crippen LogP contribution < -0.4 is 5.32 Å². The number of rotatable bonds is 3. The molecule has 1 aliphatic heterocycles. The van der Waals surface area contributed by atoms with Gasteiger partial charge in [0.1, 0.15) is 17.3 Å². The van der Waals surface area contributed by atoms with E-state index in [2.05, 4.69) is 15.3 Å². The second kappa shape index (κ2) is 6.54. The lowest BCUT2D eigenvalue weighted by molar-refractivity contribution is 0.0786. The number of hydrogen-bond acceptors (Lipinski definition) is 4. The molecule has 1 aromatic carbocycles. The number of benzene rings is 1. The first kappa shape index (κ1) is 15.7. The summed E-state index contributed by atoms with van der Waals surface area (Å²) >= 11 is 6.05. The van der Waals surface area contributed by atoms with Gasteiger partial charge in [0, 0.05) is 29.9 Å². The Kier molecular flexibility index (Phi) is 4.48. The highest BCUT2D eigenvalue weighted by atomic mass is 35.5. The van der Waals surface area contributed by atoms with Gasteiger partial charge in [-0.3, -0.25) is 4.79 Å². The maximum atomic E-state index is 12.5. The summed E-state index contributed by atoms with van der Waals surface area (Å²) in [6, 6.07) is 7.33. The van der Waals surface area contributed by atoms with Crippen LogP contribution in [0.15, 0.2) is 24.3 Å². The van der Waals surface area contributed by atoms with Crippen molar-refractivity contribution >= 4 is 29.0 Å². The minimum absolute atomic E-state index is 0.0288. The van der Waals surface area contributed by atoms with Crippen LogP contribution in [0.3, 0.4) is 0 Å². The Morgan fingerprint density at radius 3 is 2.65 bits per heavy atom. The van der Waals surface area contributed by atoms with E-state index in [-0.39, 0.29) is 5.91 Å². The lowest BCUT2D eigenvalue weighted by Gasteiger charge is -2.16. The topological polar surface area (TPSA) is 58.1 Å². The first-order chi connectivity index (χ1) is 11.0. The zero-order chi connectivity index (χ0) is 16.4. The van der Waals surface area contributed by atoms with E-state index in [0.29, 0.717) is 22.4 Å². The molecule has 1 N–H and O–H groups in total. The molecule has 1 amide bonds. The van der Waals surface area contributed by atoms with Crippen molar-refractivity contribution < 1.29 is 4.79 Å². The van der Waals surface area contributed by atoms with E-state index in [1.54, 1.807) is 13.0 Å². The number of nitrogens with one attached hydrogen (secondary N) is 1. The summed E-state index contributed by atoms with van der Waals surface area (Å²) in [5.41, 5.74) is 2.36. The Balaban J connectivity index is 1.88. The third kappa shape index (κ3) is 3.62. The first-order valence-corrected chi connectivity index (χ1v) is 8.09. The van der Waals surface area contributed by atoms with Crippen molar-refractivity contribution in [3.05, 3.63) is 46.4 Å². The van der Waals surface area contributed by atoms with Gasteiger partial charge in [0.2, 0.25) is 0 Å². The van der Waals surface area contributed by atoms with E-state index in [9.17, 15) is 4.79 Å². The number of amides is 1. The minimum Gasteiger partial charge on any atom is -0.340 e. The van der Waals surface area contributed by atoms with E-state index in [1.165, 1.54) is 0 Å². The smallest absolute Gasteiger partial charge is 0.272 e. The lowest BCUT2D eigenvalue weighted by Crippen LogP contribution is -2.28. The van der Waals surface area contributed by atoms with Gasteiger partial charge >= 0.3 is 0 Å². The molecule has 0 atom stereocenters. The number of likely N-dealkylation sites (tertiary alicyclic amines) is 1. The van der Waals surface area contributed by atoms with Gasteiger partial charge in [-0.15, -0.1) is 0 Å². The van der Waals surface area contributed by atoms with E-state index >= 15 is 0 Å². The number of halogens is 1. The van der Waals surface area contributed by atoms with Crippen LogP contribution in [0.4, 0.5) is 11.5 Å². The van der Waals surface area contributed by atoms with Crippen molar-refractivity contribution in [3.8, 4) is 0 Å². The number of anilines is 2. The summed E-state index contributed by atoms with van der Waals surface area (Å²) in [4.78, 5) is 23.0. The number of hydrogen-bond donors (Lipinski definition) is 1. The molecule has 0 saturated carbocycles. The third-order valence-electron chi connectivity index (χ3n) is 3.91. The van der Waals surface area contributed by atoms with Crippen LogP contribution >= 0.6 is 11.6 Å². The van der Waals surface area contributed by atoms with E-state index < -0.39 is 0 Å². The largest absolute Gasteiger partial charge is 0.340 e. The van der Waals surface area contributed by atoms with Crippen LogP contribution in [0, 0.1) is 13.8 Å². The van der Waals surface area contributed by atoms with E-state index in [4.69, 9.17) is 11.6 Å². The van der Waals surface area contributed by atoms with Crippen LogP contribution in [-0.4, -0.2) is 33.9 Å². The first-order valence-electron chi connectivity index (χ1n) is 7.71. The van der Waals surface area contributed by atoms with Gasteiger partial charge in [-0.25, -0.2) is 9.97 Å². The SMILES string of the molecule is Cc1nc(Nc2cc(Cl)ccc2C)cc(C(=O)N2CCCC2)n1. The number of aryl methyl sites for hydroxylation is 2. The second-order valence-corrected chi connectivity index (χ2v) is 6.21. The van der Waals surface area contributed by atoms with Crippen LogP contribution in [-0.2, 0) is 0 Å². The molecule has 0 spiro atoms. The highest BCUT2D eigenvalue weighted by molar-refractivity contribution is 6.30. The van der Waals surface area contributed by atoms with Crippen LogP contribution in [0.2, 0.25) is 5.02 Å². The van der Waals surface area contributed by atoms with Crippen molar-refractivity contribution in [2.45, 2.75) is 26.7 Å². The van der Waals surface area contributed by atoms with Gasteiger partial charge in [-0.05, 0) is 44.4 Å². The van der Waals surface area contributed by atoms with Crippen LogP contribution in [0.1, 0.15) is 34.7 Å². The molecule has 2 aromatic rings. The molecular formula is C17H19ClN4O. The molecular weight excluding hydrogens is 312 g/mol. The summed E-state index contributed by atoms with van der Waals surface area (Å²) in [5, 5.41) is 3.88. The average Bonchev–Trinajstić information content (AvgIpc) is 3.04. The fourth-order valence-corrected chi connectivity index (χ4v) is 2.86. The quantitative estimate of drug-likeness (QED) is 0.931. The zero-order valence-corrected chi connectivity index (χ0v) is 14.0. The van der Waals surface area contributed by atoms with Gasteiger partial charge < -0.3 is 10.2 Å². The molecule has 1 aromatic heterocycles. The number of aromatic nitrogens is 2. The highest BCUT2D eigenvalue weighted by Crippen LogP contribution is 2.24. The maximum Gasteiger partial charge on any atom is 0.272 e. The molecule has 1 fully saturated rings. The number of nitrogens with zero attached hydrogens (tertiary/aromatic N) is 3. The predicted molar refractivity (Wildman–Crippen MR) is 91.4 cm³/mol. The van der Waals surface area contributed by atoms with Gasteiger partial charge in [-0.2, -0.15) is 0 Å². The van der Waals surface area contributed by atoms with Crippen molar-refractivity contribution in [2.24, 2.45) is 0 Å². The van der Waals surface area contributed by atoms with Crippen molar-refractivity contribution in [2.75, 3.05) is 18.4 Å². The standard InChI is InChI=1S/C17H19ClN4O/c1-11-5-6-13(18)9-14(11)21-16-10-15(19-12(2)20-16)17(23)22-7-3-4-8-22/h5-6,9-10H,3-4,7-8H2,1-2H3,(H,19,20,21). The Labute approximate surface area is 140 Å². The van der Waals surface area contributed by atoms with Crippen molar-refractivity contribution in [1.82, 2.24) is 14.9 Å². The summed E-state index contributed by atoms with van der Waals surface area (Å²) in [5.74, 6) is 1.14. The molecule has 5 nitrogen and oxygen atoms in total. The summed E-state index contributed by atoms with van der Waals surface area (Å²) < 4.78 is 0. The van der Waals surface area contributed by atoms with Gasteiger partial charge in [-0.1, -0.05) is 17.7 Å². The lowest BCUT2D eigenvalue weighted by atomic mass is 10.2. The fraction of sp³-hybridized carbons (Fsp3) is 0.353. The predicted octanol–water partition coefficient (Wildman–Crippen LogP) is 3.73. The second-order valence-electron chi connectivity index (χ2n) is 5.77. The molecule has 0 unspecified atom stereocenters. The Morgan fingerprint density at radius 1 is 1.17 bits per heavy atom. The molecule has 23 heavy (non-hydrogen) atoms. The maximum absolute atomic E-state index is 12.5. The van der Waals surface area contributed by atoms with Gasteiger partial charge in [0.15, 0.2) is 0 Å². The zero-order valence-electron chi connectivity index (χ0n) is 13.3.